The van der Waals surface area contributed by atoms with Gasteiger partial charge in [-0.05, 0) is 24.3 Å². The molecule has 5 nitrogen and oxygen atoms in total. The molecule has 8 heteroatoms. The van der Waals surface area contributed by atoms with E-state index in [0.717, 1.165) is 12.1 Å². The van der Waals surface area contributed by atoms with Gasteiger partial charge in [-0.2, -0.15) is 0 Å². The van der Waals surface area contributed by atoms with Crippen LogP contribution in [-0.2, 0) is 4.79 Å². The predicted octanol–water partition coefficient (Wildman–Crippen LogP) is 3.34. The van der Waals surface area contributed by atoms with Crippen molar-refractivity contribution in [3.05, 3.63) is 60.2 Å². The molecule has 0 radical (unpaired) electrons. The van der Waals surface area contributed by atoms with Crippen LogP contribution in [0.25, 0.3) is 0 Å². The third-order valence-electron chi connectivity index (χ3n) is 3.02. The first-order valence-corrected chi connectivity index (χ1v) is 7.32. The molecule has 0 bridgehead atoms. The molecule has 2 aromatic rings. The third-order valence-corrected chi connectivity index (χ3v) is 3.02. The first kappa shape index (κ1) is 18.3. The van der Waals surface area contributed by atoms with Gasteiger partial charge in [0.25, 0.3) is 5.91 Å². The maximum absolute atomic E-state index is 12.2. The average Bonchev–Trinajstić information content (AvgIpc) is 2.54. The van der Waals surface area contributed by atoms with Gasteiger partial charge in [0.15, 0.2) is 0 Å². The minimum atomic E-state index is -4.80. The predicted molar refractivity (Wildman–Crippen MR) is 85.1 cm³/mol. The van der Waals surface area contributed by atoms with Crippen LogP contribution in [0.2, 0.25) is 0 Å². The van der Waals surface area contributed by atoms with Gasteiger partial charge in [-0.15, -0.1) is 13.2 Å². The monoisotopic (exact) mass is 352 g/mol. The summed E-state index contributed by atoms with van der Waals surface area (Å²) in [4.78, 5) is 23.6. The lowest BCUT2D eigenvalue weighted by atomic mass is 10.2. The van der Waals surface area contributed by atoms with Gasteiger partial charge in [-0.25, -0.2) is 0 Å². The Morgan fingerprint density at radius 2 is 1.72 bits per heavy atom. The number of carbonyl (C=O) groups excluding carboxylic acids is 2. The Morgan fingerprint density at radius 1 is 1.00 bits per heavy atom. The number of ether oxygens (including phenoxy) is 1. The molecule has 0 spiro atoms. The van der Waals surface area contributed by atoms with Gasteiger partial charge in [-0.3, -0.25) is 9.59 Å². The zero-order valence-electron chi connectivity index (χ0n) is 13.0. The average molecular weight is 352 g/mol. The highest BCUT2D eigenvalue weighted by atomic mass is 19.4. The van der Waals surface area contributed by atoms with Crippen LogP contribution in [0.5, 0.6) is 5.75 Å². The highest BCUT2D eigenvalue weighted by Crippen LogP contribution is 2.25. The Balaban J connectivity index is 1.80. The number of carbonyl (C=O) groups is 2. The molecule has 0 saturated heterocycles. The zero-order chi connectivity index (χ0) is 18.3. The summed E-state index contributed by atoms with van der Waals surface area (Å²) in [5.41, 5.74) is 0.640. The van der Waals surface area contributed by atoms with Crippen molar-refractivity contribution in [3.8, 4) is 5.75 Å². The number of halogens is 3. The van der Waals surface area contributed by atoms with E-state index in [1.165, 1.54) is 12.1 Å². The molecule has 132 valence electrons. The molecule has 25 heavy (non-hydrogen) atoms. The minimum Gasteiger partial charge on any atom is -0.406 e. The largest absolute Gasteiger partial charge is 0.573 e. The Bertz CT molecular complexity index is 733. The number of benzene rings is 2. The topological polar surface area (TPSA) is 67.4 Å². The van der Waals surface area contributed by atoms with E-state index in [0.29, 0.717) is 5.56 Å². The van der Waals surface area contributed by atoms with E-state index in [9.17, 15) is 22.8 Å². The molecule has 0 unspecified atom stereocenters. The van der Waals surface area contributed by atoms with E-state index in [1.54, 1.807) is 30.3 Å². The van der Waals surface area contributed by atoms with E-state index in [4.69, 9.17) is 0 Å². The van der Waals surface area contributed by atoms with Crippen molar-refractivity contribution in [1.29, 1.82) is 0 Å². The van der Waals surface area contributed by atoms with Crippen molar-refractivity contribution < 1.29 is 27.5 Å². The normalized spacial score (nSPS) is 10.8. The molecule has 2 aromatic carbocycles. The second kappa shape index (κ2) is 8.18. The Morgan fingerprint density at radius 3 is 2.40 bits per heavy atom. The maximum Gasteiger partial charge on any atom is 0.573 e. The van der Waals surface area contributed by atoms with E-state index >= 15 is 0 Å². The first-order valence-electron chi connectivity index (χ1n) is 7.32. The molecule has 2 N–H and O–H groups in total. The van der Waals surface area contributed by atoms with Crippen LogP contribution >= 0.6 is 0 Å². The smallest absolute Gasteiger partial charge is 0.406 e. The molecule has 0 heterocycles. The van der Waals surface area contributed by atoms with Gasteiger partial charge < -0.3 is 15.4 Å². The van der Waals surface area contributed by atoms with Crippen molar-refractivity contribution in [2.45, 2.75) is 12.8 Å². The summed E-state index contributed by atoms with van der Waals surface area (Å²) in [6, 6.07) is 13.5. The second-order valence-electron chi connectivity index (χ2n) is 5.00. The first-order chi connectivity index (χ1) is 11.8. The van der Waals surface area contributed by atoms with Crippen LogP contribution in [0.3, 0.4) is 0 Å². The number of nitrogens with one attached hydrogen (secondary N) is 2. The molecular weight excluding hydrogens is 337 g/mol. The van der Waals surface area contributed by atoms with Crippen molar-refractivity contribution >= 4 is 17.5 Å². The fourth-order valence-electron chi connectivity index (χ4n) is 1.98. The van der Waals surface area contributed by atoms with Crippen molar-refractivity contribution in [2.24, 2.45) is 0 Å². The second-order valence-corrected chi connectivity index (χ2v) is 5.00. The molecule has 0 aliphatic carbocycles. The molecule has 2 amide bonds. The number of hydrogen-bond donors (Lipinski definition) is 2. The van der Waals surface area contributed by atoms with Gasteiger partial charge >= 0.3 is 6.36 Å². The lowest BCUT2D eigenvalue weighted by Crippen LogP contribution is -2.27. The van der Waals surface area contributed by atoms with Crippen molar-refractivity contribution in [3.63, 3.8) is 0 Å². The number of rotatable bonds is 6. The lowest BCUT2D eigenvalue weighted by Gasteiger charge is -2.11. The molecule has 0 saturated carbocycles. The Kier molecular flexibility index (Phi) is 5.99. The van der Waals surface area contributed by atoms with Crippen LogP contribution in [0.4, 0.5) is 18.9 Å². The van der Waals surface area contributed by atoms with E-state index in [-0.39, 0.29) is 24.6 Å². The van der Waals surface area contributed by atoms with Gasteiger partial charge in [-0.1, -0.05) is 24.3 Å². The van der Waals surface area contributed by atoms with Crippen molar-refractivity contribution in [1.82, 2.24) is 5.32 Å². The van der Waals surface area contributed by atoms with E-state index in [2.05, 4.69) is 15.4 Å². The van der Waals surface area contributed by atoms with Gasteiger partial charge in [0, 0.05) is 30.3 Å². The minimum absolute atomic E-state index is 0.0249. The van der Waals surface area contributed by atoms with Gasteiger partial charge in [0.05, 0.1) is 0 Å². The summed E-state index contributed by atoms with van der Waals surface area (Å²) < 4.78 is 40.3. The summed E-state index contributed by atoms with van der Waals surface area (Å²) in [5.74, 6) is -1.19. The van der Waals surface area contributed by atoms with E-state index < -0.39 is 18.0 Å². The number of alkyl halides is 3. The van der Waals surface area contributed by atoms with Crippen LogP contribution in [0.15, 0.2) is 54.6 Å². The van der Waals surface area contributed by atoms with E-state index in [1.807, 2.05) is 0 Å². The van der Waals surface area contributed by atoms with Crippen LogP contribution in [-0.4, -0.2) is 24.7 Å². The lowest BCUT2D eigenvalue weighted by molar-refractivity contribution is -0.274. The molecule has 0 atom stereocenters. The molecule has 0 aliphatic rings. The zero-order valence-corrected chi connectivity index (χ0v) is 13.0. The van der Waals surface area contributed by atoms with Gasteiger partial charge in [0.1, 0.15) is 5.75 Å². The Hall–Kier alpha value is -3.03. The molecular formula is C17H15F3N2O3. The summed E-state index contributed by atoms with van der Waals surface area (Å²) in [5, 5.41) is 5.03. The highest BCUT2D eigenvalue weighted by Gasteiger charge is 2.31. The molecule has 0 aromatic heterocycles. The van der Waals surface area contributed by atoms with Crippen LogP contribution < -0.4 is 15.4 Å². The standard InChI is InChI=1S/C17H15F3N2O3/c18-17(19,20)25-14-8-4-7-13(11-14)22-15(23)9-10-21-16(24)12-5-2-1-3-6-12/h1-8,11H,9-10H2,(H,21,24)(H,22,23). The number of hydrogen-bond acceptors (Lipinski definition) is 3. The maximum atomic E-state index is 12.2. The third kappa shape index (κ3) is 6.54. The van der Waals surface area contributed by atoms with Crippen molar-refractivity contribution in [2.75, 3.05) is 11.9 Å². The number of anilines is 1. The SMILES string of the molecule is O=C(CCNC(=O)c1ccccc1)Nc1cccc(OC(F)(F)F)c1. The highest BCUT2D eigenvalue weighted by molar-refractivity contribution is 5.95. The summed E-state index contributed by atoms with van der Waals surface area (Å²) in [6.07, 6.45) is -4.83. The van der Waals surface area contributed by atoms with Gasteiger partial charge in [0.2, 0.25) is 5.91 Å². The van der Waals surface area contributed by atoms with Crippen LogP contribution in [0, 0.1) is 0 Å². The molecule has 2 rings (SSSR count). The van der Waals surface area contributed by atoms with Crippen LogP contribution in [0.1, 0.15) is 16.8 Å². The fourth-order valence-corrected chi connectivity index (χ4v) is 1.98. The Labute approximate surface area is 141 Å². The number of amides is 2. The fraction of sp³-hybridized carbons (Fsp3) is 0.176. The summed E-state index contributed by atoms with van der Waals surface area (Å²) in [6.45, 7) is 0.0955. The summed E-state index contributed by atoms with van der Waals surface area (Å²) in [7, 11) is 0. The molecule has 0 fully saturated rings. The molecule has 0 aliphatic heterocycles. The quantitative estimate of drug-likeness (QED) is 0.838. The summed E-state index contributed by atoms with van der Waals surface area (Å²) >= 11 is 0.